The van der Waals surface area contributed by atoms with Crippen molar-refractivity contribution in [1.29, 1.82) is 0 Å². The maximum atomic E-state index is 12.6. The molecule has 0 atom stereocenters. The molecule has 0 aliphatic carbocycles. The zero-order valence-corrected chi connectivity index (χ0v) is 10.1. The Morgan fingerprint density at radius 1 is 1.47 bits per heavy atom. The normalized spacial score (nSPS) is 11.8. The van der Waals surface area contributed by atoms with Crippen molar-refractivity contribution in [1.82, 2.24) is 4.98 Å². The molecule has 0 aliphatic rings. The van der Waals surface area contributed by atoms with Crippen LogP contribution in [-0.2, 0) is 10.9 Å². The van der Waals surface area contributed by atoms with Gasteiger partial charge in [0.2, 0.25) is 0 Å². The highest BCUT2D eigenvalue weighted by atomic mass is 35.5. The molecule has 9 heteroatoms. The molecule has 0 amide bonds. The third kappa shape index (κ3) is 3.52. The molecule has 0 fully saturated rings. The summed E-state index contributed by atoms with van der Waals surface area (Å²) >= 11 is 5.31. The number of carbonyl (C=O) groups excluding carboxylic acids is 1. The van der Waals surface area contributed by atoms with Crippen molar-refractivity contribution in [2.24, 2.45) is 0 Å². The second kappa shape index (κ2) is 5.68. The second-order valence-electron chi connectivity index (χ2n) is 3.27. The molecule has 0 N–H and O–H groups in total. The number of esters is 1. The first-order chi connectivity index (χ1) is 8.68. The molecule has 3 nitrogen and oxygen atoms in total. The highest BCUT2D eigenvalue weighted by Crippen LogP contribution is 2.40. The van der Waals surface area contributed by atoms with E-state index in [4.69, 9.17) is 11.6 Å². The first-order valence-corrected chi connectivity index (χ1v) is 5.29. The molecule has 106 valence electrons. The molecular formula is C10H7ClF5NO2. The van der Waals surface area contributed by atoms with E-state index in [1.807, 2.05) is 0 Å². The molecule has 1 aromatic heterocycles. The molecule has 1 rings (SSSR count). The molecule has 0 unspecified atom stereocenters. The number of ether oxygens (including phenoxy) is 1. The highest BCUT2D eigenvalue weighted by molar-refractivity contribution is 6.31. The van der Waals surface area contributed by atoms with Crippen LogP contribution in [0.2, 0.25) is 5.02 Å². The summed E-state index contributed by atoms with van der Waals surface area (Å²) in [5, 5.41) is -1.03. The van der Waals surface area contributed by atoms with Crippen LogP contribution in [0.25, 0.3) is 0 Å². The van der Waals surface area contributed by atoms with Gasteiger partial charge in [0.15, 0.2) is 0 Å². The molecule has 0 saturated carbocycles. The number of carbonyl (C=O) groups is 1. The van der Waals surface area contributed by atoms with E-state index < -0.39 is 40.5 Å². The number of alkyl halides is 5. The Labute approximate surface area is 109 Å². The minimum absolute atomic E-state index is 0.0802. The summed E-state index contributed by atoms with van der Waals surface area (Å²) in [5.74, 6) is -1.12. The van der Waals surface area contributed by atoms with Gasteiger partial charge in [-0.15, -0.1) is 0 Å². The maximum Gasteiger partial charge on any atom is 0.419 e. The number of hydrogen-bond donors (Lipinski definition) is 0. The molecule has 0 radical (unpaired) electrons. The first-order valence-electron chi connectivity index (χ1n) is 4.91. The SMILES string of the molecule is CCOC(=O)c1cc(Cl)c(C(F)(F)F)c(C(F)F)n1. The van der Waals surface area contributed by atoms with Gasteiger partial charge in [0.25, 0.3) is 6.43 Å². The van der Waals surface area contributed by atoms with E-state index >= 15 is 0 Å². The van der Waals surface area contributed by atoms with Crippen molar-refractivity contribution < 1.29 is 31.5 Å². The number of halogens is 6. The lowest BCUT2D eigenvalue weighted by Crippen LogP contribution is -2.16. The van der Waals surface area contributed by atoms with Crippen LogP contribution in [0.3, 0.4) is 0 Å². The van der Waals surface area contributed by atoms with Crippen LogP contribution in [0.5, 0.6) is 0 Å². The summed E-state index contributed by atoms with van der Waals surface area (Å²) in [5.41, 5.74) is -4.05. The van der Waals surface area contributed by atoms with Gasteiger partial charge in [-0.3, -0.25) is 0 Å². The van der Waals surface area contributed by atoms with Gasteiger partial charge in [-0.25, -0.2) is 18.6 Å². The number of pyridine rings is 1. The monoisotopic (exact) mass is 303 g/mol. The van der Waals surface area contributed by atoms with Crippen molar-refractivity contribution in [2.45, 2.75) is 19.5 Å². The Morgan fingerprint density at radius 3 is 2.47 bits per heavy atom. The van der Waals surface area contributed by atoms with Gasteiger partial charge >= 0.3 is 12.1 Å². The summed E-state index contributed by atoms with van der Waals surface area (Å²) in [6.45, 7) is 1.36. The van der Waals surface area contributed by atoms with Crippen molar-refractivity contribution >= 4 is 17.6 Å². The van der Waals surface area contributed by atoms with Gasteiger partial charge in [-0.2, -0.15) is 13.2 Å². The van der Waals surface area contributed by atoms with E-state index in [1.54, 1.807) is 0 Å². The van der Waals surface area contributed by atoms with Crippen LogP contribution in [0, 0.1) is 0 Å². The number of nitrogens with zero attached hydrogens (tertiary/aromatic N) is 1. The predicted molar refractivity (Wildman–Crippen MR) is 55.2 cm³/mol. The Balaban J connectivity index is 3.42. The Bertz CT molecular complexity index is 490. The topological polar surface area (TPSA) is 39.2 Å². The van der Waals surface area contributed by atoms with Gasteiger partial charge in [0.1, 0.15) is 17.0 Å². The Morgan fingerprint density at radius 2 is 2.05 bits per heavy atom. The zero-order valence-electron chi connectivity index (χ0n) is 9.39. The third-order valence-corrected chi connectivity index (χ3v) is 2.27. The largest absolute Gasteiger partial charge is 0.461 e. The Kier molecular flexibility index (Phi) is 4.67. The van der Waals surface area contributed by atoms with Crippen LogP contribution < -0.4 is 0 Å². The molecular weight excluding hydrogens is 297 g/mol. The summed E-state index contributed by atoms with van der Waals surface area (Å²) in [4.78, 5) is 14.3. The van der Waals surface area contributed by atoms with E-state index in [0.29, 0.717) is 6.07 Å². The van der Waals surface area contributed by atoms with Crippen LogP contribution >= 0.6 is 11.6 Å². The smallest absolute Gasteiger partial charge is 0.419 e. The Hall–Kier alpha value is -1.44. The number of hydrogen-bond acceptors (Lipinski definition) is 3. The van der Waals surface area contributed by atoms with E-state index in [0.717, 1.165) is 0 Å². The van der Waals surface area contributed by atoms with Gasteiger partial charge < -0.3 is 4.74 Å². The number of rotatable bonds is 3. The molecule has 0 aliphatic heterocycles. The standard InChI is InChI=1S/C10H7ClF5NO2/c1-2-19-9(18)5-3-4(11)6(10(14,15)16)7(17-5)8(12)13/h3,8H,2H2,1H3. The van der Waals surface area contributed by atoms with Gasteiger partial charge in [-0.1, -0.05) is 11.6 Å². The van der Waals surface area contributed by atoms with Crippen LogP contribution in [0.4, 0.5) is 22.0 Å². The van der Waals surface area contributed by atoms with Gasteiger partial charge in [-0.05, 0) is 13.0 Å². The lowest BCUT2D eigenvalue weighted by Gasteiger charge is -2.14. The van der Waals surface area contributed by atoms with Crippen molar-refractivity contribution in [3.63, 3.8) is 0 Å². The quantitative estimate of drug-likeness (QED) is 0.628. The molecule has 0 saturated heterocycles. The van der Waals surface area contributed by atoms with E-state index in [2.05, 4.69) is 9.72 Å². The van der Waals surface area contributed by atoms with Crippen molar-refractivity contribution in [2.75, 3.05) is 6.61 Å². The fraction of sp³-hybridized carbons (Fsp3) is 0.400. The summed E-state index contributed by atoms with van der Waals surface area (Å²) in [7, 11) is 0. The number of aromatic nitrogens is 1. The van der Waals surface area contributed by atoms with E-state index in [-0.39, 0.29) is 6.61 Å². The summed E-state index contributed by atoms with van der Waals surface area (Å²) in [6, 6.07) is 0.550. The zero-order chi connectivity index (χ0) is 14.8. The fourth-order valence-corrected chi connectivity index (χ4v) is 1.59. The average molecular weight is 304 g/mol. The van der Waals surface area contributed by atoms with Gasteiger partial charge in [0, 0.05) is 0 Å². The van der Waals surface area contributed by atoms with Crippen LogP contribution in [0.15, 0.2) is 6.07 Å². The lowest BCUT2D eigenvalue weighted by atomic mass is 10.1. The second-order valence-corrected chi connectivity index (χ2v) is 3.68. The molecule has 1 aromatic rings. The predicted octanol–water partition coefficient (Wildman–Crippen LogP) is 3.87. The minimum Gasteiger partial charge on any atom is -0.461 e. The van der Waals surface area contributed by atoms with Crippen molar-refractivity contribution in [3.8, 4) is 0 Å². The van der Waals surface area contributed by atoms with E-state index in [1.165, 1.54) is 6.92 Å². The average Bonchev–Trinajstić information content (AvgIpc) is 2.26. The van der Waals surface area contributed by atoms with E-state index in [9.17, 15) is 26.7 Å². The van der Waals surface area contributed by atoms with Crippen LogP contribution in [-0.4, -0.2) is 17.6 Å². The van der Waals surface area contributed by atoms with Gasteiger partial charge in [0.05, 0.1) is 11.6 Å². The third-order valence-electron chi connectivity index (χ3n) is 1.97. The molecule has 0 bridgehead atoms. The molecule has 0 spiro atoms. The first kappa shape index (κ1) is 15.6. The molecule has 0 aromatic carbocycles. The summed E-state index contributed by atoms with van der Waals surface area (Å²) < 4.78 is 67.4. The molecule has 19 heavy (non-hydrogen) atoms. The highest BCUT2D eigenvalue weighted by Gasteiger charge is 2.40. The molecule has 1 heterocycles. The lowest BCUT2D eigenvalue weighted by molar-refractivity contribution is -0.139. The maximum absolute atomic E-state index is 12.6. The fourth-order valence-electron chi connectivity index (χ4n) is 1.28. The van der Waals surface area contributed by atoms with Crippen LogP contribution in [0.1, 0.15) is 35.1 Å². The minimum atomic E-state index is -5.09. The van der Waals surface area contributed by atoms with Crippen molar-refractivity contribution in [3.05, 3.63) is 28.0 Å². The summed E-state index contributed by atoms with van der Waals surface area (Å²) in [6.07, 6.45) is -8.62.